The smallest absolute Gasteiger partial charge is 0.325 e. The van der Waals surface area contributed by atoms with Crippen molar-refractivity contribution in [2.45, 2.75) is 13.5 Å². The number of H-pyrrole nitrogens is 1. The number of nitrogens with one attached hydrogen (secondary N) is 1. The van der Waals surface area contributed by atoms with Crippen LogP contribution in [0.1, 0.15) is 6.92 Å². The van der Waals surface area contributed by atoms with Crippen LogP contribution in [0.15, 0.2) is 23.3 Å². The summed E-state index contributed by atoms with van der Waals surface area (Å²) in [7, 11) is 0. The van der Waals surface area contributed by atoms with Crippen LogP contribution in [0.5, 0.6) is 0 Å². The predicted molar refractivity (Wildman–Crippen MR) is 57.0 cm³/mol. The zero-order valence-electron chi connectivity index (χ0n) is 8.77. The largest absolute Gasteiger partial charge is 0.465 e. The van der Waals surface area contributed by atoms with Gasteiger partial charge in [-0.25, -0.2) is 4.98 Å². The predicted octanol–water partition coefficient (Wildman–Crippen LogP) is 0.288. The molecule has 0 aliphatic rings. The molecule has 2 rings (SSSR count). The second-order valence-corrected chi connectivity index (χ2v) is 3.23. The van der Waals surface area contributed by atoms with Gasteiger partial charge in [0.1, 0.15) is 6.54 Å². The molecule has 1 N–H and O–H groups in total. The van der Waals surface area contributed by atoms with Gasteiger partial charge in [0.25, 0.3) is 0 Å². The highest BCUT2D eigenvalue weighted by molar-refractivity contribution is 5.75. The monoisotopic (exact) mass is 221 g/mol. The van der Waals surface area contributed by atoms with Gasteiger partial charge in [-0.2, -0.15) is 0 Å². The summed E-state index contributed by atoms with van der Waals surface area (Å²) in [5.74, 6) is -0.326. The Hall–Kier alpha value is -2.11. The van der Waals surface area contributed by atoms with Crippen LogP contribution in [0.4, 0.5) is 0 Å². The molecule has 2 aromatic heterocycles. The van der Waals surface area contributed by atoms with Crippen molar-refractivity contribution in [3.8, 4) is 0 Å². The Kier molecular flexibility index (Phi) is 2.72. The van der Waals surface area contributed by atoms with E-state index in [4.69, 9.17) is 4.74 Å². The van der Waals surface area contributed by atoms with Crippen molar-refractivity contribution in [1.29, 1.82) is 0 Å². The number of fused-ring (bicyclic) bond motifs is 1. The Bertz CT molecular complexity index is 570. The van der Waals surface area contributed by atoms with E-state index in [1.165, 1.54) is 12.4 Å². The minimum absolute atomic E-state index is 0.0936. The second-order valence-electron chi connectivity index (χ2n) is 3.23. The van der Waals surface area contributed by atoms with Crippen molar-refractivity contribution >= 4 is 17.1 Å². The molecule has 0 aliphatic heterocycles. The average molecular weight is 221 g/mol. The third kappa shape index (κ3) is 1.95. The highest BCUT2D eigenvalue weighted by Gasteiger charge is 2.07. The van der Waals surface area contributed by atoms with Gasteiger partial charge in [-0.15, -0.1) is 0 Å². The number of rotatable bonds is 3. The summed E-state index contributed by atoms with van der Waals surface area (Å²) in [5.41, 5.74) is 0.957. The second kappa shape index (κ2) is 4.18. The van der Waals surface area contributed by atoms with E-state index in [-0.39, 0.29) is 18.1 Å². The van der Waals surface area contributed by atoms with Gasteiger partial charge in [-0.05, 0) is 13.0 Å². The Morgan fingerprint density at radius 3 is 3.12 bits per heavy atom. The highest BCUT2D eigenvalue weighted by Crippen LogP contribution is 2.07. The van der Waals surface area contributed by atoms with Crippen LogP contribution >= 0.6 is 0 Å². The van der Waals surface area contributed by atoms with Crippen LogP contribution in [0.3, 0.4) is 0 Å². The summed E-state index contributed by atoms with van der Waals surface area (Å²) in [6.45, 7) is 2.19. The van der Waals surface area contributed by atoms with E-state index in [1.54, 1.807) is 17.6 Å². The van der Waals surface area contributed by atoms with Crippen LogP contribution in [0.2, 0.25) is 0 Å². The molecule has 2 aromatic rings. The number of aromatic amines is 1. The minimum atomic E-state index is -0.326. The standard InChI is InChI=1S/C10H11N3O3/c1-2-16-9(15)5-13-6-11-10-7(13)3-4-8(14)12-10/h3-4,6H,2,5H2,1H3,(H,12,14). The number of carbonyl (C=O) groups is 1. The van der Waals surface area contributed by atoms with Gasteiger partial charge < -0.3 is 14.3 Å². The molecular formula is C10H11N3O3. The number of imidazole rings is 1. The Morgan fingerprint density at radius 1 is 1.56 bits per heavy atom. The van der Waals surface area contributed by atoms with Gasteiger partial charge in [-0.1, -0.05) is 0 Å². The molecule has 6 nitrogen and oxygen atoms in total. The third-order valence-electron chi connectivity index (χ3n) is 2.12. The zero-order chi connectivity index (χ0) is 11.5. The molecule has 0 unspecified atom stereocenters. The molecule has 0 fully saturated rings. The van der Waals surface area contributed by atoms with Gasteiger partial charge in [0.15, 0.2) is 5.65 Å². The van der Waals surface area contributed by atoms with E-state index in [2.05, 4.69) is 9.97 Å². The average Bonchev–Trinajstić information content (AvgIpc) is 2.61. The molecule has 0 bridgehead atoms. The third-order valence-corrected chi connectivity index (χ3v) is 2.12. The summed E-state index contributed by atoms with van der Waals surface area (Å²) < 4.78 is 6.46. The molecule has 0 aliphatic carbocycles. The number of hydrogen-bond acceptors (Lipinski definition) is 4. The van der Waals surface area contributed by atoms with E-state index in [0.717, 1.165) is 0 Å². The first-order chi connectivity index (χ1) is 7.70. The van der Waals surface area contributed by atoms with Crippen molar-refractivity contribution < 1.29 is 9.53 Å². The lowest BCUT2D eigenvalue weighted by molar-refractivity contribution is -0.143. The van der Waals surface area contributed by atoms with Crippen molar-refractivity contribution in [3.63, 3.8) is 0 Å². The molecule has 0 atom stereocenters. The number of carbonyl (C=O) groups excluding carboxylic acids is 1. The topological polar surface area (TPSA) is 77.0 Å². The molecule has 0 amide bonds. The van der Waals surface area contributed by atoms with Crippen LogP contribution in [0, 0.1) is 0 Å². The number of hydrogen-bond donors (Lipinski definition) is 1. The Labute approximate surface area is 90.9 Å². The first kappa shape index (κ1) is 10.4. The van der Waals surface area contributed by atoms with Crippen molar-refractivity contribution in [1.82, 2.24) is 14.5 Å². The number of ether oxygens (including phenoxy) is 1. The zero-order valence-corrected chi connectivity index (χ0v) is 8.77. The maximum Gasteiger partial charge on any atom is 0.325 e. The van der Waals surface area contributed by atoms with E-state index in [0.29, 0.717) is 17.8 Å². The first-order valence-corrected chi connectivity index (χ1v) is 4.90. The minimum Gasteiger partial charge on any atom is -0.465 e. The molecule has 84 valence electrons. The molecule has 2 heterocycles. The highest BCUT2D eigenvalue weighted by atomic mass is 16.5. The normalized spacial score (nSPS) is 10.6. The fraction of sp³-hybridized carbons (Fsp3) is 0.300. The van der Waals surface area contributed by atoms with Crippen LogP contribution in [-0.4, -0.2) is 27.1 Å². The number of nitrogens with zero attached hydrogens (tertiary/aromatic N) is 2. The number of aromatic nitrogens is 3. The van der Waals surface area contributed by atoms with Crippen LogP contribution in [0.25, 0.3) is 11.2 Å². The van der Waals surface area contributed by atoms with E-state index in [9.17, 15) is 9.59 Å². The number of pyridine rings is 1. The number of esters is 1. The summed E-state index contributed by atoms with van der Waals surface area (Å²) in [5, 5.41) is 0. The molecule has 0 saturated carbocycles. The van der Waals surface area contributed by atoms with Gasteiger partial charge in [0, 0.05) is 6.07 Å². The SMILES string of the molecule is CCOC(=O)Cn1cnc2[nH]c(=O)ccc21. The fourth-order valence-electron chi connectivity index (χ4n) is 1.45. The molecule has 0 radical (unpaired) electrons. The lowest BCUT2D eigenvalue weighted by Gasteiger charge is -2.03. The van der Waals surface area contributed by atoms with E-state index >= 15 is 0 Å². The summed E-state index contributed by atoms with van der Waals surface area (Å²) in [4.78, 5) is 28.9. The first-order valence-electron chi connectivity index (χ1n) is 4.90. The van der Waals surface area contributed by atoms with Crippen molar-refractivity contribution in [2.24, 2.45) is 0 Å². The van der Waals surface area contributed by atoms with Gasteiger partial charge >= 0.3 is 5.97 Å². The molecule has 0 aromatic carbocycles. The summed E-state index contributed by atoms with van der Waals surface area (Å²) in [6, 6.07) is 3.02. The Balaban J connectivity index is 2.32. The maximum absolute atomic E-state index is 11.3. The quantitative estimate of drug-likeness (QED) is 0.755. The molecular weight excluding hydrogens is 210 g/mol. The van der Waals surface area contributed by atoms with Crippen LogP contribution in [-0.2, 0) is 16.1 Å². The molecule has 0 saturated heterocycles. The summed E-state index contributed by atoms with van der Waals surface area (Å²) in [6.07, 6.45) is 1.50. The molecule has 0 spiro atoms. The molecule has 16 heavy (non-hydrogen) atoms. The van der Waals surface area contributed by atoms with Gasteiger partial charge in [-0.3, -0.25) is 9.59 Å². The Morgan fingerprint density at radius 2 is 2.38 bits per heavy atom. The van der Waals surface area contributed by atoms with Crippen molar-refractivity contribution in [2.75, 3.05) is 6.61 Å². The molecule has 6 heteroatoms. The lowest BCUT2D eigenvalue weighted by Crippen LogP contribution is -2.13. The van der Waals surface area contributed by atoms with Crippen LogP contribution < -0.4 is 5.56 Å². The van der Waals surface area contributed by atoms with E-state index in [1.807, 2.05) is 0 Å². The lowest BCUT2D eigenvalue weighted by atomic mass is 10.4. The van der Waals surface area contributed by atoms with Crippen molar-refractivity contribution in [3.05, 3.63) is 28.8 Å². The summed E-state index contributed by atoms with van der Waals surface area (Å²) >= 11 is 0. The van der Waals surface area contributed by atoms with Gasteiger partial charge in [0.2, 0.25) is 5.56 Å². The van der Waals surface area contributed by atoms with E-state index < -0.39 is 0 Å². The maximum atomic E-state index is 11.3. The van der Waals surface area contributed by atoms with Gasteiger partial charge in [0.05, 0.1) is 18.5 Å². The fourth-order valence-corrected chi connectivity index (χ4v) is 1.45.